The second-order valence-electron chi connectivity index (χ2n) is 6.86. The first kappa shape index (κ1) is 22.9. The Kier molecular flexibility index (Phi) is 8.06. The lowest BCUT2D eigenvalue weighted by atomic mass is 9.84. The van der Waals surface area contributed by atoms with Gasteiger partial charge in [0.25, 0.3) is 0 Å². The predicted octanol–water partition coefficient (Wildman–Crippen LogP) is 0.759. The van der Waals surface area contributed by atoms with Crippen LogP contribution in [0.5, 0.6) is 0 Å². The third-order valence-electron chi connectivity index (χ3n) is 4.98. The summed E-state index contributed by atoms with van der Waals surface area (Å²) < 4.78 is 29.3. The first-order valence-electron chi connectivity index (χ1n) is 8.70. The summed E-state index contributed by atoms with van der Waals surface area (Å²) in [6.07, 6.45) is 4.05. The number of carbonyl (C=O) groups excluding carboxylic acids is 1. The van der Waals surface area contributed by atoms with Gasteiger partial charge in [-0.1, -0.05) is 12.8 Å². The van der Waals surface area contributed by atoms with Crippen molar-refractivity contribution in [3.05, 3.63) is 11.4 Å². The molecule has 8 nitrogen and oxygen atoms in total. The van der Waals surface area contributed by atoms with Gasteiger partial charge in [0.1, 0.15) is 4.90 Å². The maximum absolute atomic E-state index is 12.7. The number of carbonyl (C=O) groups is 1. The van der Waals surface area contributed by atoms with E-state index < -0.39 is 16.1 Å². The van der Waals surface area contributed by atoms with Crippen LogP contribution in [0.2, 0.25) is 0 Å². The minimum Gasteiger partial charge on any atom is -0.352 e. The average molecular weight is 408 g/mol. The summed E-state index contributed by atoms with van der Waals surface area (Å²) in [5, 5.41) is 7.09. The van der Waals surface area contributed by atoms with Crippen LogP contribution in [0.4, 0.5) is 0 Å². The molecule has 3 unspecified atom stereocenters. The molecule has 26 heavy (non-hydrogen) atoms. The summed E-state index contributed by atoms with van der Waals surface area (Å²) in [7, 11) is -2.14. The van der Waals surface area contributed by atoms with E-state index in [9.17, 15) is 13.2 Å². The van der Waals surface area contributed by atoms with Crippen molar-refractivity contribution in [1.82, 2.24) is 19.8 Å². The highest BCUT2D eigenvalue weighted by molar-refractivity contribution is 7.89. The normalized spacial score (nSPS) is 21.7. The Morgan fingerprint density at radius 3 is 2.50 bits per heavy atom. The second kappa shape index (κ2) is 9.16. The van der Waals surface area contributed by atoms with Crippen molar-refractivity contribution in [2.75, 3.05) is 6.54 Å². The molecule has 1 saturated carbocycles. The smallest absolute Gasteiger partial charge is 0.244 e. The summed E-state index contributed by atoms with van der Waals surface area (Å²) in [5.41, 5.74) is 6.73. The van der Waals surface area contributed by atoms with E-state index in [0.717, 1.165) is 25.7 Å². The van der Waals surface area contributed by atoms with Crippen molar-refractivity contribution in [1.29, 1.82) is 0 Å². The number of sulfonamides is 1. The first-order chi connectivity index (χ1) is 11.7. The van der Waals surface area contributed by atoms with E-state index >= 15 is 0 Å². The van der Waals surface area contributed by atoms with Gasteiger partial charge in [-0.3, -0.25) is 9.48 Å². The van der Waals surface area contributed by atoms with Gasteiger partial charge in [-0.25, -0.2) is 8.42 Å². The summed E-state index contributed by atoms with van der Waals surface area (Å²) >= 11 is 0. The summed E-state index contributed by atoms with van der Waals surface area (Å²) in [4.78, 5) is 12.6. The molecular formula is C16H30ClN5O3S. The number of rotatable bonds is 6. The molecule has 4 N–H and O–H groups in total. The molecular weight excluding hydrogens is 378 g/mol. The van der Waals surface area contributed by atoms with Crippen molar-refractivity contribution in [3.8, 4) is 0 Å². The van der Waals surface area contributed by atoms with Crippen molar-refractivity contribution >= 4 is 28.3 Å². The SMILES string of the molecule is Cc1nn(C)c(C)c1S(=O)(=O)NC(C)C(=O)NC1CCCCC1CN.Cl. The lowest BCUT2D eigenvalue weighted by molar-refractivity contribution is -0.123. The van der Waals surface area contributed by atoms with Gasteiger partial charge in [0.15, 0.2) is 0 Å². The van der Waals surface area contributed by atoms with E-state index in [1.165, 1.54) is 4.68 Å². The lowest BCUT2D eigenvalue weighted by Crippen LogP contribution is -2.51. The molecule has 150 valence electrons. The summed E-state index contributed by atoms with van der Waals surface area (Å²) in [5.74, 6) is -0.0718. The Bertz CT molecular complexity index is 734. The number of nitrogens with two attached hydrogens (primary N) is 1. The van der Waals surface area contributed by atoms with Gasteiger partial charge in [-0.15, -0.1) is 12.4 Å². The number of aromatic nitrogens is 2. The highest BCUT2D eigenvalue weighted by Crippen LogP contribution is 2.24. The van der Waals surface area contributed by atoms with Gasteiger partial charge in [0, 0.05) is 13.1 Å². The molecule has 3 atom stereocenters. The molecule has 0 aromatic carbocycles. The van der Waals surface area contributed by atoms with Crippen LogP contribution in [0, 0.1) is 19.8 Å². The molecule has 1 aromatic rings. The molecule has 1 aliphatic carbocycles. The molecule has 1 fully saturated rings. The Balaban J connectivity index is 0.00000338. The standard InChI is InChI=1S/C16H29N5O3S.ClH/c1-10-15(12(3)21(4)19-10)25(23,24)20-11(2)16(22)18-14-8-6-5-7-13(14)9-17;/h11,13-14,20H,5-9,17H2,1-4H3,(H,18,22);1H. The number of nitrogens with one attached hydrogen (secondary N) is 2. The van der Waals surface area contributed by atoms with Crippen molar-refractivity contribution in [2.24, 2.45) is 18.7 Å². The average Bonchev–Trinajstić information content (AvgIpc) is 2.80. The minimum atomic E-state index is -3.82. The van der Waals surface area contributed by atoms with E-state index in [0.29, 0.717) is 17.9 Å². The third kappa shape index (κ3) is 4.97. The number of hydrogen-bond donors (Lipinski definition) is 3. The number of hydrogen-bond acceptors (Lipinski definition) is 5. The number of aryl methyl sites for hydroxylation is 2. The van der Waals surface area contributed by atoms with Crippen LogP contribution in [0.1, 0.15) is 44.0 Å². The molecule has 1 aromatic heterocycles. The van der Waals surface area contributed by atoms with Crippen LogP contribution in [-0.4, -0.2) is 42.7 Å². The minimum absolute atomic E-state index is 0. The molecule has 0 radical (unpaired) electrons. The van der Waals surface area contributed by atoms with Crippen LogP contribution < -0.4 is 15.8 Å². The van der Waals surface area contributed by atoms with Crippen LogP contribution in [-0.2, 0) is 21.9 Å². The van der Waals surface area contributed by atoms with Gasteiger partial charge in [0.05, 0.1) is 17.4 Å². The van der Waals surface area contributed by atoms with Crippen molar-refractivity contribution < 1.29 is 13.2 Å². The Morgan fingerprint density at radius 1 is 1.35 bits per heavy atom. The molecule has 1 heterocycles. The van der Waals surface area contributed by atoms with E-state index in [1.807, 2.05) is 0 Å². The van der Waals surface area contributed by atoms with Crippen LogP contribution in [0.15, 0.2) is 4.90 Å². The fourth-order valence-corrected chi connectivity index (χ4v) is 5.12. The van der Waals surface area contributed by atoms with Crippen LogP contribution in [0.25, 0.3) is 0 Å². The van der Waals surface area contributed by atoms with E-state index in [1.54, 1.807) is 27.8 Å². The molecule has 0 spiro atoms. The van der Waals surface area contributed by atoms with Gasteiger partial charge in [-0.05, 0) is 46.1 Å². The third-order valence-corrected chi connectivity index (χ3v) is 6.77. The second-order valence-corrected chi connectivity index (χ2v) is 8.51. The van der Waals surface area contributed by atoms with Crippen LogP contribution in [0.3, 0.4) is 0 Å². The largest absolute Gasteiger partial charge is 0.352 e. The molecule has 0 aliphatic heterocycles. The summed E-state index contributed by atoms with van der Waals surface area (Å²) in [6.45, 7) is 5.40. The van der Waals surface area contributed by atoms with E-state index in [-0.39, 0.29) is 35.2 Å². The van der Waals surface area contributed by atoms with Gasteiger partial charge < -0.3 is 11.1 Å². The van der Waals surface area contributed by atoms with Crippen LogP contribution >= 0.6 is 12.4 Å². The molecule has 10 heteroatoms. The fourth-order valence-electron chi connectivity index (χ4n) is 3.48. The number of halogens is 1. The molecule has 1 amide bonds. The number of amides is 1. The molecule has 0 saturated heterocycles. The fraction of sp³-hybridized carbons (Fsp3) is 0.750. The maximum Gasteiger partial charge on any atom is 0.244 e. The van der Waals surface area contributed by atoms with E-state index in [4.69, 9.17) is 5.73 Å². The first-order valence-corrected chi connectivity index (χ1v) is 10.2. The summed E-state index contributed by atoms with van der Waals surface area (Å²) in [6, 6.07) is -0.857. The van der Waals surface area contributed by atoms with Crippen molar-refractivity contribution in [2.45, 2.75) is 63.4 Å². The molecule has 1 aliphatic rings. The highest BCUT2D eigenvalue weighted by Gasteiger charge is 2.30. The number of nitrogens with zero attached hydrogens (tertiary/aromatic N) is 2. The zero-order valence-corrected chi connectivity index (χ0v) is 17.4. The van der Waals surface area contributed by atoms with E-state index in [2.05, 4.69) is 15.1 Å². The Labute approximate surface area is 161 Å². The Morgan fingerprint density at radius 2 is 1.96 bits per heavy atom. The maximum atomic E-state index is 12.7. The van der Waals surface area contributed by atoms with Gasteiger partial charge in [-0.2, -0.15) is 9.82 Å². The zero-order chi connectivity index (χ0) is 18.8. The monoisotopic (exact) mass is 407 g/mol. The lowest BCUT2D eigenvalue weighted by Gasteiger charge is -2.32. The molecule has 0 bridgehead atoms. The molecule has 2 rings (SSSR count). The zero-order valence-electron chi connectivity index (χ0n) is 15.8. The topological polar surface area (TPSA) is 119 Å². The Hall–Kier alpha value is -1.16. The predicted molar refractivity (Wildman–Crippen MR) is 103 cm³/mol. The van der Waals surface area contributed by atoms with Gasteiger partial charge in [0.2, 0.25) is 15.9 Å². The highest BCUT2D eigenvalue weighted by atomic mass is 35.5. The van der Waals surface area contributed by atoms with Gasteiger partial charge >= 0.3 is 0 Å². The van der Waals surface area contributed by atoms with Crippen molar-refractivity contribution in [3.63, 3.8) is 0 Å². The quantitative estimate of drug-likeness (QED) is 0.643.